The lowest BCUT2D eigenvalue weighted by molar-refractivity contribution is -0.139. The highest BCUT2D eigenvalue weighted by Crippen LogP contribution is 2.59. The Morgan fingerprint density at radius 3 is 0.565 bits per heavy atom. The molecule has 0 radical (unpaired) electrons. The van der Waals surface area contributed by atoms with E-state index in [0.29, 0.717) is 44.5 Å². The molecule has 0 N–H and O–H groups in total. The molecule has 0 amide bonds. The molecule has 0 heterocycles. The van der Waals surface area contributed by atoms with Crippen LogP contribution in [-0.2, 0) is 12.4 Å². The molecule has 0 aliphatic heterocycles. The number of benzene rings is 5. The van der Waals surface area contributed by atoms with Crippen molar-refractivity contribution >= 4 is 0 Å². The van der Waals surface area contributed by atoms with Gasteiger partial charge in [-0.1, -0.05) is 72.8 Å². The Balaban J connectivity index is 2.35. The predicted octanol–water partition coefficient (Wildman–Crippen LogP) is 12.9. The van der Waals surface area contributed by atoms with Crippen LogP contribution in [0.3, 0.4) is 0 Å². The Morgan fingerprint density at radius 2 is 0.435 bits per heavy atom. The fourth-order valence-electron chi connectivity index (χ4n) is 7.15. The molecule has 0 saturated heterocycles. The molecule has 0 unspecified atom stereocenters. The molecule has 5 aromatic carbocycles. The summed E-state index contributed by atoms with van der Waals surface area (Å²) in [6.07, 6.45) is -10.1. The Morgan fingerprint density at radius 1 is 0.283 bits per heavy atom. The van der Waals surface area contributed by atoms with E-state index in [1.807, 2.05) is 0 Å². The van der Waals surface area contributed by atoms with Gasteiger partial charge in [0.1, 0.15) is 0 Å². The van der Waals surface area contributed by atoms with E-state index in [1.54, 1.807) is 128 Å². The van der Waals surface area contributed by atoms with Gasteiger partial charge in [0.2, 0.25) is 0 Å². The van der Waals surface area contributed by atoms with Crippen molar-refractivity contribution in [3.8, 4) is 44.5 Å². The molecule has 0 spiro atoms. The highest BCUT2D eigenvalue weighted by atomic mass is 19.4. The summed E-state index contributed by atoms with van der Waals surface area (Å²) in [7, 11) is 0. The van der Waals surface area contributed by atoms with Gasteiger partial charge in [-0.15, -0.1) is 0 Å². The molecule has 5 rings (SSSR count). The fraction of sp³-hybridized carbons (Fsp3) is 0.250. The smallest absolute Gasteiger partial charge is 0.166 e. The van der Waals surface area contributed by atoms with Gasteiger partial charge in [-0.2, -0.15) is 26.3 Å². The first-order valence-electron chi connectivity index (χ1n) is 15.1. The summed E-state index contributed by atoms with van der Waals surface area (Å²) in [4.78, 5) is 0. The van der Waals surface area contributed by atoms with E-state index in [4.69, 9.17) is 0 Å². The van der Waals surface area contributed by atoms with Gasteiger partial charge in [0.15, 0.2) is 0 Å². The summed E-state index contributed by atoms with van der Waals surface area (Å²) in [5.41, 5.74) is 0.356. The van der Waals surface area contributed by atoms with E-state index in [-0.39, 0.29) is 22.3 Å². The maximum Gasteiger partial charge on any atom is 0.417 e. The van der Waals surface area contributed by atoms with Crippen LogP contribution in [0.5, 0.6) is 0 Å². The van der Waals surface area contributed by atoms with Crippen molar-refractivity contribution in [1.29, 1.82) is 0 Å². The molecule has 5 aromatic rings. The van der Waals surface area contributed by atoms with Crippen LogP contribution in [0.1, 0.15) is 55.6 Å². The molecular formula is C40H36F6. The van der Waals surface area contributed by atoms with Crippen LogP contribution < -0.4 is 0 Å². The van der Waals surface area contributed by atoms with Gasteiger partial charge in [-0.25, -0.2) is 0 Å². The topological polar surface area (TPSA) is 0 Å². The van der Waals surface area contributed by atoms with E-state index in [2.05, 4.69) is 0 Å². The van der Waals surface area contributed by atoms with Crippen molar-refractivity contribution in [2.75, 3.05) is 0 Å². The molecule has 0 nitrogen and oxygen atoms in total. The zero-order valence-corrected chi connectivity index (χ0v) is 27.2. The molecule has 0 aliphatic rings. The third-order valence-electron chi connectivity index (χ3n) is 8.99. The standard InChI is InChI=1S/C40H36F6/c1-21-13-9-14-22(2)29(21)33-34(30-23(3)15-10-16-24(30)4)38(40(44,45)46)36(32-27(7)19-12-20-28(32)8)35(37(33)39(41,42)43)31-25(5)17-11-18-26(31)6/h9-20H,1-8H3. The minimum Gasteiger partial charge on any atom is -0.166 e. The first kappa shape index (κ1) is 33.1. The van der Waals surface area contributed by atoms with Crippen molar-refractivity contribution in [3.63, 3.8) is 0 Å². The fourth-order valence-corrected chi connectivity index (χ4v) is 7.15. The van der Waals surface area contributed by atoms with E-state index < -0.39 is 45.7 Å². The molecule has 0 saturated carbocycles. The molecule has 238 valence electrons. The predicted molar refractivity (Wildman–Crippen MR) is 176 cm³/mol. The molecule has 46 heavy (non-hydrogen) atoms. The van der Waals surface area contributed by atoms with Crippen LogP contribution in [0.2, 0.25) is 0 Å². The lowest BCUT2D eigenvalue weighted by Gasteiger charge is -2.33. The number of alkyl halides is 6. The molecule has 0 bridgehead atoms. The Bertz CT molecular complexity index is 1640. The van der Waals surface area contributed by atoms with Crippen molar-refractivity contribution in [3.05, 3.63) is 128 Å². The highest BCUT2D eigenvalue weighted by molar-refractivity contribution is 6.05. The summed E-state index contributed by atoms with van der Waals surface area (Å²) in [5.74, 6) is 0. The van der Waals surface area contributed by atoms with Crippen molar-refractivity contribution in [2.24, 2.45) is 0 Å². The number of halogens is 6. The summed E-state index contributed by atoms with van der Waals surface area (Å²) in [6.45, 7) is 13.2. The van der Waals surface area contributed by atoms with Gasteiger partial charge in [0, 0.05) is 22.3 Å². The van der Waals surface area contributed by atoms with Crippen molar-refractivity contribution in [1.82, 2.24) is 0 Å². The van der Waals surface area contributed by atoms with Crippen LogP contribution in [0, 0.1) is 55.4 Å². The molecular weight excluding hydrogens is 594 g/mol. The third-order valence-corrected chi connectivity index (χ3v) is 8.99. The summed E-state index contributed by atoms with van der Waals surface area (Å²) < 4.78 is 96.9. The van der Waals surface area contributed by atoms with Gasteiger partial charge < -0.3 is 0 Å². The largest absolute Gasteiger partial charge is 0.417 e. The van der Waals surface area contributed by atoms with Crippen LogP contribution in [0.25, 0.3) is 44.5 Å². The Hall–Kier alpha value is -4.32. The normalized spacial score (nSPS) is 12.1. The second-order valence-corrected chi connectivity index (χ2v) is 12.3. The second kappa shape index (κ2) is 11.8. The average Bonchev–Trinajstić information content (AvgIpc) is 2.92. The summed E-state index contributed by atoms with van der Waals surface area (Å²) in [6, 6.07) is 20.1. The quantitative estimate of drug-likeness (QED) is 0.173. The number of rotatable bonds is 4. The summed E-state index contributed by atoms with van der Waals surface area (Å²) in [5, 5.41) is 0. The third kappa shape index (κ3) is 5.52. The van der Waals surface area contributed by atoms with Crippen molar-refractivity contribution < 1.29 is 26.3 Å². The lowest BCUT2D eigenvalue weighted by atomic mass is 9.72. The Kier molecular flexibility index (Phi) is 8.48. The zero-order valence-electron chi connectivity index (χ0n) is 27.2. The van der Waals surface area contributed by atoms with Crippen LogP contribution in [-0.4, -0.2) is 0 Å². The number of hydrogen-bond donors (Lipinski definition) is 0. The minimum atomic E-state index is -5.03. The molecule has 0 fully saturated rings. The average molecular weight is 631 g/mol. The molecule has 6 heteroatoms. The summed E-state index contributed by atoms with van der Waals surface area (Å²) >= 11 is 0. The first-order chi connectivity index (χ1) is 21.5. The maximum atomic E-state index is 16.1. The van der Waals surface area contributed by atoms with Gasteiger partial charge in [-0.05, 0) is 122 Å². The SMILES string of the molecule is Cc1cccc(C)c1-c1c(-c2c(C)cccc2C)c(C(F)(F)F)c(-c2c(C)cccc2C)c(-c2c(C)cccc2C)c1C(F)(F)F. The van der Waals surface area contributed by atoms with Crippen LogP contribution >= 0.6 is 0 Å². The van der Waals surface area contributed by atoms with Gasteiger partial charge >= 0.3 is 12.4 Å². The van der Waals surface area contributed by atoms with Gasteiger partial charge in [0.25, 0.3) is 0 Å². The Labute approximate surface area is 266 Å². The van der Waals surface area contributed by atoms with E-state index in [1.165, 1.54) is 0 Å². The molecule has 0 aromatic heterocycles. The van der Waals surface area contributed by atoms with E-state index in [0.717, 1.165) is 0 Å². The van der Waals surface area contributed by atoms with Gasteiger partial charge in [0.05, 0.1) is 11.1 Å². The van der Waals surface area contributed by atoms with Crippen LogP contribution in [0.4, 0.5) is 26.3 Å². The minimum absolute atomic E-state index is 0.151. The van der Waals surface area contributed by atoms with Gasteiger partial charge in [-0.3, -0.25) is 0 Å². The van der Waals surface area contributed by atoms with Crippen LogP contribution in [0.15, 0.2) is 72.8 Å². The zero-order chi connectivity index (χ0) is 33.9. The lowest BCUT2D eigenvalue weighted by Crippen LogP contribution is -2.20. The number of aryl methyl sites for hydroxylation is 8. The second-order valence-electron chi connectivity index (χ2n) is 12.3. The molecule has 0 atom stereocenters. The highest BCUT2D eigenvalue weighted by Gasteiger charge is 2.48. The maximum absolute atomic E-state index is 16.1. The van der Waals surface area contributed by atoms with Crippen molar-refractivity contribution in [2.45, 2.75) is 67.7 Å². The first-order valence-corrected chi connectivity index (χ1v) is 15.1. The van der Waals surface area contributed by atoms with E-state index in [9.17, 15) is 0 Å². The monoisotopic (exact) mass is 630 g/mol. The number of hydrogen-bond acceptors (Lipinski definition) is 0. The van der Waals surface area contributed by atoms with E-state index >= 15 is 26.3 Å². The molecule has 0 aliphatic carbocycles.